The Hall–Kier alpha value is -4.23. The molecule has 190 valence electrons. The van der Waals surface area contributed by atoms with Gasteiger partial charge < -0.3 is 14.9 Å². The lowest BCUT2D eigenvalue weighted by Gasteiger charge is -2.36. The van der Waals surface area contributed by atoms with E-state index in [1.807, 2.05) is 55.7 Å². The third kappa shape index (κ3) is 4.90. The van der Waals surface area contributed by atoms with Crippen molar-refractivity contribution in [3.63, 3.8) is 0 Å². The Labute approximate surface area is 215 Å². The van der Waals surface area contributed by atoms with Gasteiger partial charge in [0.25, 0.3) is 0 Å². The number of aryl methyl sites for hydroxylation is 1. The van der Waals surface area contributed by atoms with Crippen LogP contribution >= 0.6 is 0 Å². The van der Waals surface area contributed by atoms with E-state index in [1.54, 1.807) is 21.6 Å². The van der Waals surface area contributed by atoms with E-state index in [0.29, 0.717) is 38.2 Å². The maximum absolute atomic E-state index is 12.6. The lowest BCUT2D eigenvalue weighted by Crippen LogP contribution is -2.49. The molecule has 0 aliphatic carbocycles. The minimum Gasteiger partial charge on any atom is -0.396 e. The quantitative estimate of drug-likeness (QED) is 0.417. The predicted octanol–water partition coefficient (Wildman–Crippen LogP) is 2.73. The summed E-state index contributed by atoms with van der Waals surface area (Å²) in [6, 6.07) is 8.30. The van der Waals surface area contributed by atoms with Gasteiger partial charge in [-0.1, -0.05) is 13.3 Å². The number of rotatable bonds is 7. The van der Waals surface area contributed by atoms with Crippen molar-refractivity contribution in [2.45, 2.75) is 19.8 Å². The molecule has 1 saturated heterocycles. The third-order valence-electron chi connectivity index (χ3n) is 7.08. The molecule has 1 fully saturated rings. The average molecular weight is 499 g/mol. The molecule has 37 heavy (non-hydrogen) atoms. The van der Waals surface area contributed by atoms with Crippen molar-refractivity contribution in [3.8, 4) is 28.3 Å². The largest absolute Gasteiger partial charge is 0.396 e. The molecule has 0 spiro atoms. The molecule has 5 heterocycles. The zero-order valence-corrected chi connectivity index (χ0v) is 21.1. The summed E-state index contributed by atoms with van der Waals surface area (Å²) < 4.78 is 3.49. The standard InChI is InChI=1S/C27H30N8O2/c1-3-19(18-36)10-26(37)34-8-6-33(7-9-34)25-5-4-20(13-29-25)24-11-21(23-15-30-32(2)16-23)17-35-27(24)22(12-28)14-31-35/h4-5,11,13-17,19,36H,3,6-10,18H2,1-2H3/t19-/m0/s1. The van der Waals surface area contributed by atoms with Gasteiger partial charge in [0.2, 0.25) is 5.91 Å². The summed E-state index contributed by atoms with van der Waals surface area (Å²) >= 11 is 0. The molecule has 1 aliphatic rings. The van der Waals surface area contributed by atoms with E-state index in [0.717, 1.165) is 40.0 Å². The first kappa shape index (κ1) is 24.5. The highest BCUT2D eigenvalue weighted by atomic mass is 16.3. The van der Waals surface area contributed by atoms with Crippen LogP contribution in [0.15, 0.2) is 49.2 Å². The van der Waals surface area contributed by atoms with Crippen molar-refractivity contribution in [2.24, 2.45) is 13.0 Å². The van der Waals surface area contributed by atoms with Crippen molar-refractivity contribution < 1.29 is 9.90 Å². The smallest absolute Gasteiger partial charge is 0.223 e. The summed E-state index contributed by atoms with van der Waals surface area (Å²) in [4.78, 5) is 21.4. The Kier molecular flexibility index (Phi) is 6.88. The number of aliphatic hydroxyl groups excluding tert-OH is 1. The molecular weight excluding hydrogens is 468 g/mol. The molecule has 1 aliphatic heterocycles. The van der Waals surface area contributed by atoms with Gasteiger partial charge in [-0.2, -0.15) is 15.5 Å². The summed E-state index contributed by atoms with van der Waals surface area (Å²) in [5.74, 6) is 0.988. The SMILES string of the molecule is CC[C@H](CO)CC(=O)N1CCN(c2ccc(-c3cc(-c4cnn(C)c4)cn4ncc(C#N)c34)cn2)CC1. The second-order valence-electron chi connectivity index (χ2n) is 9.44. The minimum absolute atomic E-state index is 0.0280. The zero-order valence-electron chi connectivity index (χ0n) is 21.1. The maximum atomic E-state index is 12.6. The number of hydrogen-bond acceptors (Lipinski definition) is 7. The topological polar surface area (TPSA) is 116 Å². The summed E-state index contributed by atoms with van der Waals surface area (Å²) in [6.45, 7) is 4.73. The molecule has 0 bridgehead atoms. The fraction of sp³-hybridized carbons (Fsp3) is 0.370. The molecular formula is C27H30N8O2. The number of aliphatic hydroxyl groups is 1. The van der Waals surface area contributed by atoms with Crippen LogP contribution in [0.1, 0.15) is 25.3 Å². The summed E-state index contributed by atoms with van der Waals surface area (Å²) in [5, 5.41) is 27.7. The van der Waals surface area contributed by atoms with E-state index in [1.165, 1.54) is 0 Å². The highest BCUT2D eigenvalue weighted by Gasteiger charge is 2.24. The molecule has 4 aromatic rings. The fourth-order valence-corrected chi connectivity index (χ4v) is 4.78. The summed E-state index contributed by atoms with van der Waals surface area (Å²) in [5.41, 5.74) is 4.91. The van der Waals surface area contributed by atoms with Gasteiger partial charge >= 0.3 is 0 Å². The van der Waals surface area contributed by atoms with E-state index in [9.17, 15) is 15.2 Å². The van der Waals surface area contributed by atoms with Crippen LogP contribution in [0.2, 0.25) is 0 Å². The number of aromatic nitrogens is 5. The summed E-state index contributed by atoms with van der Waals surface area (Å²) in [7, 11) is 1.88. The molecule has 1 atom stereocenters. The Morgan fingerprint density at radius 1 is 1.08 bits per heavy atom. The van der Waals surface area contributed by atoms with Gasteiger partial charge in [0, 0.05) is 87.1 Å². The van der Waals surface area contributed by atoms with Gasteiger partial charge in [-0.05, 0) is 24.1 Å². The first-order chi connectivity index (χ1) is 18.0. The molecule has 10 heteroatoms. The molecule has 5 rings (SSSR count). The highest BCUT2D eigenvalue weighted by Crippen LogP contribution is 2.32. The van der Waals surface area contributed by atoms with Crippen molar-refractivity contribution in [3.05, 3.63) is 54.7 Å². The maximum Gasteiger partial charge on any atom is 0.223 e. The molecule has 0 saturated carbocycles. The third-order valence-corrected chi connectivity index (χ3v) is 7.08. The van der Waals surface area contributed by atoms with Gasteiger partial charge in [0.1, 0.15) is 11.9 Å². The van der Waals surface area contributed by atoms with Crippen molar-refractivity contribution in [2.75, 3.05) is 37.7 Å². The van der Waals surface area contributed by atoms with Crippen LogP contribution in [0.25, 0.3) is 27.8 Å². The first-order valence-corrected chi connectivity index (χ1v) is 12.5. The normalized spacial score (nSPS) is 14.6. The Balaban J connectivity index is 1.36. The van der Waals surface area contributed by atoms with E-state index in [-0.39, 0.29) is 18.4 Å². The van der Waals surface area contributed by atoms with Gasteiger partial charge in [-0.3, -0.25) is 9.48 Å². The van der Waals surface area contributed by atoms with Crippen molar-refractivity contribution in [1.29, 1.82) is 5.26 Å². The first-order valence-electron chi connectivity index (χ1n) is 12.5. The molecule has 1 amide bonds. The highest BCUT2D eigenvalue weighted by molar-refractivity contribution is 5.87. The Morgan fingerprint density at radius 3 is 2.51 bits per heavy atom. The summed E-state index contributed by atoms with van der Waals surface area (Å²) in [6.07, 6.45) is 10.3. The van der Waals surface area contributed by atoms with Gasteiger partial charge in [-0.25, -0.2) is 9.50 Å². The van der Waals surface area contributed by atoms with Crippen LogP contribution < -0.4 is 4.90 Å². The molecule has 4 aromatic heterocycles. The second kappa shape index (κ2) is 10.4. The fourth-order valence-electron chi connectivity index (χ4n) is 4.78. The van der Waals surface area contributed by atoms with Crippen LogP contribution in [0.4, 0.5) is 5.82 Å². The molecule has 0 radical (unpaired) electrons. The lowest BCUT2D eigenvalue weighted by molar-refractivity contribution is -0.132. The van der Waals surface area contributed by atoms with Crippen LogP contribution in [0.5, 0.6) is 0 Å². The molecule has 0 unspecified atom stereocenters. The molecule has 1 N–H and O–H groups in total. The number of piperazine rings is 1. The van der Waals surface area contributed by atoms with Gasteiger partial charge in [0.05, 0.1) is 23.5 Å². The van der Waals surface area contributed by atoms with E-state index >= 15 is 0 Å². The van der Waals surface area contributed by atoms with Crippen LogP contribution in [0.3, 0.4) is 0 Å². The zero-order chi connectivity index (χ0) is 25.9. The van der Waals surface area contributed by atoms with E-state index < -0.39 is 0 Å². The van der Waals surface area contributed by atoms with Crippen molar-refractivity contribution in [1.82, 2.24) is 29.3 Å². The minimum atomic E-state index is 0.0280. The van der Waals surface area contributed by atoms with Crippen molar-refractivity contribution >= 4 is 17.2 Å². The van der Waals surface area contributed by atoms with Gasteiger partial charge in [0.15, 0.2) is 0 Å². The molecule has 10 nitrogen and oxygen atoms in total. The predicted molar refractivity (Wildman–Crippen MR) is 140 cm³/mol. The number of carbonyl (C=O) groups excluding carboxylic acids is 1. The van der Waals surface area contributed by atoms with Crippen LogP contribution in [-0.4, -0.2) is 73.1 Å². The van der Waals surface area contributed by atoms with Gasteiger partial charge in [-0.15, -0.1) is 0 Å². The Bertz CT molecular complexity index is 1440. The average Bonchev–Trinajstić information content (AvgIpc) is 3.57. The number of fused-ring (bicyclic) bond motifs is 1. The number of nitrogens with zero attached hydrogens (tertiary/aromatic N) is 8. The Morgan fingerprint density at radius 2 is 1.89 bits per heavy atom. The number of hydrogen-bond donors (Lipinski definition) is 1. The second-order valence-corrected chi connectivity index (χ2v) is 9.44. The molecule has 0 aromatic carbocycles. The number of carbonyl (C=O) groups is 1. The number of anilines is 1. The van der Waals surface area contributed by atoms with Crippen LogP contribution in [0, 0.1) is 17.2 Å². The lowest BCUT2D eigenvalue weighted by atomic mass is 10.0. The number of pyridine rings is 2. The van der Waals surface area contributed by atoms with E-state index in [2.05, 4.69) is 21.2 Å². The monoisotopic (exact) mass is 498 g/mol. The van der Waals surface area contributed by atoms with Crippen LogP contribution in [-0.2, 0) is 11.8 Å². The van der Waals surface area contributed by atoms with E-state index in [4.69, 9.17) is 4.98 Å². The number of amides is 1. The number of nitriles is 1.